The molecule has 21 heavy (non-hydrogen) atoms. The molecule has 110 valence electrons. The molecule has 0 aliphatic carbocycles. The van der Waals surface area contributed by atoms with Crippen LogP contribution in [-0.4, -0.2) is 12.0 Å². The number of rotatable bonds is 3. The Morgan fingerprint density at radius 1 is 1.14 bits per heavy atom. The lowest BCUT2D eigenvalue weighted by Crippen LogP contribution is -2.12. The summed E-state index contributed by atoms with van der Waals surface area (Å²) in [4.78, 5) is 11.8. The second-order valence-corrected chi connectivity index (χ2v) is 4.93. The van der Waals surface area contributed by atoms with Gasteiger partial charge in [-0.3, -0.25) is 4.79 Å². The van der Waals surface area contributed by atoms with E-state index in [1.54, 1.807) is 0 Å². The van der Waals surface area contributed by atoms with E-state index in [1.165, 1.54) is 24.5 Å². The summed E-state index contributed by atoms with van der Waals surface area (Å²) < 4.78 is 44.2. The fourth-order valence-electron chi connectivity index (χ4n) is 1.66. The molecule has 0 aliphatic rings. The molecule has 0 N–H and O–H groups in total. The first kappa shape index (κ1) is 15.7. The fourth-order valence-corrected chi connectivity index (χ4v) is 2.19. The molecule has 0 atom stereocenters. The molecule has 0 spiro atoms. The second-order valence-electron chi connectivity index (χ2n) is 4.06. The minimum absolute atomic E-state index is 0.0399. The number of carbonyl (C=O) groups excluding carboxylic acids is 1. The number of hydrogen-bond acceptors (Lipinski definition) is 2. The molecule has 2 aromatic rings. The van der Waals surface area contributed by atoms with Crippen molar-refractivity contribution in [1.29, 1.82) is 0 Å². The predicted molar refractivity (Wildman–Crippen MR) is 73.5 cm³/mol. The Morgan fingerprint density at radius 3 is 2.24 bits per heavy atom. The van der Waals surface area contributed by atoms with Gasteiger partial charge in [0.25, 0.3) is 0 Å². The molecule has 0 radical (unpaired) electrons. The van der Waals surface area contributed by atoms with Crippen LogP contribution in [0.2, 0.25) is 10.0 Å². The lowest BCUT2D eigenvalue weighted by atomic mass is 10.0. The Kier molecular flexibility index (Phi) is 4.44. The smallest absolute Gasteiger partial charge is 0.417 e. The third kappa shape index (κ3) is 3.89. The van der Waals surface area contributed by atoms with Gasteiger partial charge < -0.3 is 4.42 Å². The van der Waals surface area contributed by atoms with Gasteiger partial charge in [-0.15, -0.1) is 0 Å². The van der Waals surface area contributed by atoms with Crippen LogP contribution in [0.15, 0.2) is 47.1 Å². The molecular formula is C14H7Cl2F3O2. The second kappa shape index (κ2) is 5.95. The number of halogens is 5. The predicted octanol–water partition coefficient (Wildman–Crippen LogP) is 5.42. The van der Waals surface area contributed by atoms with Crippen molar-refractivity contribution in [2.24, 2.45) is 0 Å². The molecule has 7 heteroatoms. The summed E-state index contributed by atoms with van der Waals surface area (Å²) in [6.45, 7) is 0. The molecule has 0 saturated heterocycles. The molecule has 0 aliphatic heterocycles. The average molecular weight is 335 g/mol. The van der Waals surface area contributed by atoms with Crippen molar-refractivity contribution in [1.82, 2.24) is 0 Å². The third-order valence-electron chi connectivity index (χ3n) is 2.52. The van der Waals surface area contributed by atoms with Gasteiger partial charge in [-0.2, -0.15) is 13.2 Å². The van der Waals surface area contributed by atoms with E-state index in [2.05, 4.69) is 0 Å². The van der Waals surface area contributed by atoms with Crippen LogP contribution in [-0.2, 0) is 0 Å². The van der Waals surface area contributed by atoms with Gasteiger partial charge in [-0.05, 0) is 35.9 Å². The Labute approximate surface area is 127 Å². The maximum absolute atomic E-state index is 13.1. The lowest BCUT2D eigenvalue weighted by molar-refractivity contribution is -0.0689. The van der Waals surface area contributed by atoms with Crippen LogP contribution in [0.1, 0.15) is 16.1 Å². The Bertz CT molecular complexity index is 668. The molecule has 0 fully saturated rings. The molecule has 1 aromatic heterocycles. The highest BCUT2D eigenvalue weighted by Gasteiger charge is 2.36. The molecule has 0 amide bonds. The van der Waals surface area contributed by atoms with Crippen molar-refractivity contribution >= 4 is 34.6 Å². The van der Waals surface area contributed by atoms with Gasteiger partial charge in [0, 0.05) is 16.1 Å². The third-order valence-corrected chi connectivity index (χ3v) is 2.95. The Hall–Kier alpha value is -1.72. The number of furan rings is 1. The number of carbonyl (C=O) groups is 1. The van der Waals surface area contributed by atoms with Crippen LogP contribution in [0.25, 0.3) is 5.57 Å². The number of hydrogen-bond donors (Lipinski definition) is 0. The van der Waals surface area contributed by atoms with E-state index >= 15 is 0 Å². The average Bonchev–Trinajstić information content (AvgIpc) is 2.86. The summed E-state index contributed by atoms with van der Waals surface area (Å²) in [5, 5.41) is 0.0798. The fraction of sp³-hybridized carbons (Fsp3) is 0.0714. The molecule has 0 saturated carbocycles. The zero-order chi connectivity index (χ0) is 15.6. The van der Waals surface area contributed by atoms with E-state index in [4.69, 9.17) is 27.6 Å². The summed E-state index contributed by atoms with van der Waals surface area (Å²) >= 11 is 11.4. The van der Waals surface area contributed by atoms with E-state index < -0.39 is 17.5 Å². The number of alkyl halides is 3. The van der Waals surface area contributed by atoms with Gasteiger partial charge in [0.1, 0.15) is 0 Å². The number of allylic oxidation sites excluding steroid dienone is 2. The zero-order valence-electron chi connectivity index (χ0n) is 10.2. The van der Waals surface area contributed by atoms with Crippen LogP contribution >= 0.6 is 23.2 Å². The summed E-state index contributed by atoms with van der Waals surface area (Å²) in [5.74, 6) is -1.09. The van der Waals surface area contributed by atoms with E-state index in [0.717, 1.165) is 12.1 Å². The van der Waals surface area contributed by atoms with Gasteiger partial charge in [0.15, 0.2) is 5.76 Å². The van der Waals surface area contributed by atoms with Gasteiger partial charge in [-0.1, -0.05) is 23.2 Å². The standard InChI is InChI=1S/C14H7Cl2F3O2/c15-9-4-8(5-10(16)6-9)11(14(17,18)19)7-12(20)13-2-1-3-21-13/h1-7H. The summed E-state index contributed by atoms with van der Waals surface area (Å²) in [5.41, 5.74) is -1.44. The highest BCUT2D eigenvalue weighted by atomic mass is 35.5. The van der Waals surface area contributed by atoms with Gasteiger partial charge in [0.05, 0.1) is 11.8 Å². The van der Waals surface area contributed by atoms with Gasteiger partial charge in [0.2, 0.25) is 5.78 Å². The minimum Gasteiger partial charge on any atom is -0.461 e. The van der Waals surface area contributed by atoms with E-state index in [-0.39, 0.29) is 21.4 Å². The van der Waals surface area contributed by atoms with Crippen LogP contribution < -0.4 is 0 Å². The highest BCUT2D eigenvalue weighted by molar-refractivity contribution is 6.35. The summed E-state index contributed by atoms with van der Waals surface area (Å²) in [6, 6.07) is 6.15. The van der Waals surface area contributed by atoms with Crippen LogP contribution in [0.4, 0.5) is 13.2 Å². The van der Waals surface area contributed by atoms with Gasteiger partial charge >= 0.3 is 6.18 Å². The van der Waals surface area contributed by atoms with Crippen molar-refractivity contribution < 1.29 is 22.4 Å². The maximum Gasteiger partial charge on any atom is 0.417 e. The van der Waals surface area contributed by atoms with Crippen LogP contribution in [0, 0.1) is 0 Å². The van der Waals surface area contributed by atoms with E-state index in [1.807, 2.05) is 0 Å². The number of ketones is 1. The molecule has 2 nitrogen and oxygen atoms in total. The molecule has 1 heterocycles. The van der Waals surface area contributed by atoms with E-state index in [9.17, 15) is 18.0 Å². The molecule has 0 bridgehead atoms. The minimum atomic E-state index is -4.74. The number of benzene rings is 1. The highest BCUT2D eigenvalue weighted by Crippen LogP contribution is 2.36. The van der Waals surface area contributed by atoms with Crippen LogP contribution in [0.5, 0.6) is 0 Å². The quantitative estimate of drug-likeness (QED) is 0.554. The van der Waals surface area contributed by atoms with Crippen LogP contribution in [0.3, 0.4) is 0 Å². The molecule has 0 unspecified atom stereocenters. The maximum atomic E-state index is 13.1. The largest absolute Gasteiger partial charge is 0.461 e. The Morgan fingerprint density at radius 2 is 1.76 bits per heavy atom. The first-order chi connectivity index (χ1) is 9.77. The lowest BCUT2D eigenvalue weighted by Gasteiger charge is -2.12. The zero-order valence-corrected chi connectivity index (χ0v) is 11.8. The first-order valence-corrected chi connectivity index (χ1v) is 6.36. The molecule has 1 aromatic carbocycles. The first-order valence-electron chi connectivity index (χ1n) is 5.60. The Balaban J connectivity index is 2.51. The van der Waals surface area contributed by atoms with E-state index in [0.29, 0.717) is 6.08 Å². The van der Waals surface area contributed by atoms with Crippen molar-refractivity contribution in [2.45, 2.75) is 6.18 Å². The van der Waals surface area contributed by atoms with Crippen molar-refractivity contribution in [3.63, 3.8) is 0 Å². The van der Waals surface area contributed by atoms with Crippen molar-refractivity contribution in [3.05, 3.63) is 64.0 Å². The summed E-state index contributed by atoms with van der Waals surface area (Å²) in [7, 11) is 0. The topological polar surface area (TPSA) is 30.2 Å². The summed E-state index contributed by atoms with van der Waals surface area (Å²) in [6.07, 6.45) is -3.08. The van der Waals surface area contributed by atoms with Crippen molar-refractivity contribution in [3.8, 4) is 0 Å². The molecule has 2 rings (SSSR count). The SMILES string of the molecule is O=C(C=C(c1cc(Cl)cc(Cl)c1)C(F)(F)F)c1ccco1. The molecular weight excluding hydrogens is 328 g/mol. The monoisotopic (exact) mass is 334 g/mol. The van der Waals surface area contributed by atoms with Gasteiger partial charge in [-0.25, -0.2) is 0 Å². The van der Waals surface area contributed by atoms with Crippen molar-refractivity contribution in [2.75, 3.05) is 0 Å². The normalized spacial score (nSPS) is 12.5.